The predicted octanol–water partition coefficient (Wildman–Crippen LogP) is 2.90. The van der Waals surface area contributed by atoms with E-state index in [1.807, 2.05) is 12.1 Å². The van der Waals surface area contributed by atoms with Crippen LogP contribution in [0.3, 0.4) is 0 Å². The highest BCUT2D eigenvalue weighted by Gasteiger charge is 2.07. The number of halogens is 1. The summed E-state index contributed by atoms with van der Waals surface area (Å²) in [6.07, 6.45) is 3.05. The molecule has 0 saturated carbocycles. The molecule has 2 heterocycles. The van der Waals surface area contributed by atoms with E-state index in [1.54, 1.807) is 24.3 Å². The minimum atomic E-state index is -0.435. The van der Waals surface area contributed by atoms with Gasteiger partial charge in [-0.3, -0.25) is 14.6 Å². The van der Waals surface area contributed by atoms with Gasteiger partial charge in [0.05, 0.1) is 29.5 Å². The number of nitrogens with zero attached hydrogens (tertiary/aromatic N) is 3. The Morgan fingerprint density at radius 1 is 1.10 bits per heavy atom. The number of amides is 1. The van der Waals surface area contributed by atoms with Crippen molar-refractivity contribution in [3.05, 3.63) is 76.3 Å². The normalized spacial score (nSPS) is 10.0. The lowest BCUT2D eigenvalue weighted by atomic mass is 10.0. The van der Waals surface area contributed by atoms with E-state index in [0.29, 0.717) is 27.7 Å². The van der Waals surface area contributed by atoms with Gasteiger partial charge in [-0.2, -0.15) is 0 Å². The molecule has 29 heavy (non-hydrogen) atoms. The number of primary amides is 1. The van der Waals surface area contributed by atoms with Crippen molar-refractivity contribution in [1.29, 1.82) is 0 Å². The molecular formula is C21H16ClN5O2. The fraction of sp³-hybridized carbons (Fsp3) is 0.0952. The number of pyridine rings is 1. The lowest BCUT2D eigenvalue weighted by Crippen LogP contribution is -2.14. The maximum absolute atomic E-state index is 11.3. The minimum Gasteiger partial charge on any atom is -0.369 e. The first kappa shape index (κ1) is 20.0. The summed E-state index contributed by atoms with van der Waals surface area (Å²) in [5, 5.41) is 3.28. The molecule has 3 aromatic rings. The topological polar surface area (TPSA) is 111 Å². The number of benzene rings is 1. The van der Waals surface area contributed by atoms with Crippen molar-refractivity contribution in [1.82, 2.24) is 15.0 Å². The Morgan fingerprint density at radius 2 is 1.90 bits per heavy atom. The Kier molecular flexibility index (Phi) is 6.17. The van der Waals surface area contributed by atoms with Crippen molar-refractivity contribution < 1.29 is 9.59 Å². The van der Waals surface area contributed by atoms with Gasteiger partial charge < -0.3 is 11.1 Å². The molecule has 1 amide bonds. The van der Waals surface area contributed by atoms with Crippen molar-refractivity contribution in [2.24, 2.45) is 5.73 Å². The quantitative estimate of drug-likeness (QED) is 0.498. The number of nitrogens with two attached hydrogens (primary N) is 1. The number of carbonyl (C=O) groups excluding carboxylic acids is 2. The van der Waals surface area contributed by atoms with Crippen LogP contribution in [0.5, 0.6) is 0 Å². The van der Waals surface area contributed by atoms with Gasteiger partial charge in [0.2, 0.25) is 11.9 Å². The molecule has 8 heteroatoms. The van der Waals surface area contributed by atoms with Crippen LogP contribution in [0.25, 0.3) is 0 Å². The third-order valence-electron chi connectivity index (χ3n) is 3.82. The van der Waals surface area contributed by atoms with Crippen LogP contribution in [0.1, 0.15) is 34.2 Å². The Bertz CT molecular complexity index is 1130. The molecule has 3 N–H and O–H groups in total. The SMILES string of the molecule is CC(=O)c1ccc(Nc2ncc(Cl)c(C#Cc3ccccc3CC(N)=O)n2)cn1. The number of hydrogen-bond acceptors (Lipinski definition) is 6. The second-order valence-corrected chi connectivity index (χ2v) is 6.46. The molecule has 0 bridgehead atoms. The van der Waals surface area contributed by atoms with Crippen molar-refractivity contribution in [2.45, 2.75) is 13.3 Å². The van der Waals surface area contributed by atoms with E-state index in [0.717, 1.165) is 5.56 Å². The minimum absolute atomic E-state index is 0.0957. The van der Waals surface area contributed by atoms with Gasteiger partial charge in [-0.25, -0.2) is 9.97 Å². The highest BCUT2D eigenvalue weighted by Crippen LogP contribution is 2.17. The standard InChI is InChI=1S/C21H16ClN5O2/c1-13(28)18-9-7-16(11-24-18)26-21-25-12-17(22)19(27-21)8-6-14-4-2-3-5-15(14)10-20(23)29/h2-5,7,9,11-12H,10H2,1H3,(H2,23,29)(H,25,26,27). The molecule has 3 rings (SSSR count). The van der Waals surface area contributed by atoms with Gasteiger partial charge in [-0.15, -0.1) is 0 Å². The van der Waals surface area contributed by atoms with Crippen LogP contribution in [0.4, 0.5) is 11.6 Å². The Hall–Kier alpha value is -3.76. The summed E-state index contributed by atoms with van der Waals surface area (Å²) in [6, 6.07) is 10.5. The lowest BCUT2D eigenvalue weighted by molar-refractivity contribution is -0.117. The van der Waals surface area contributed by atoms with Gasteiger partial charge in [0.15, 0.2) is 5.78 Å². The molecular weight excluding hydrogens is 390 g/mol. The number of rotatable bonds is 5. The molecule has 144 valence electrons. The third-order valence-corrected chi connectivity index (χ3v) is 4.10. The monoisotopic (exact) mass is 405 g/mol. The van der Waals surface area contributed by atoms with E-state index >= 15 is 0 Å². The van der Waals surface area contributed by atoms with Crippen LogP contribution in [0.2, 0.25) is 5.02 Å². The summed E-state index contributed by atoms with van der Waals surface area (Å²) in [5.74, 6) is 5.61. The van der Waals surface area contributed by atoms with Crippen molar-refractivity contribution in [2.75, 3.05) is 5.32 Å². The van der Waals surface area contributed by atoms with Gasteiger partial charge >= 0.3 is 0 Å². The molecule has 1 aromatic carbocycles. The third kappa shape index (κ3) is 5.37. The zero-order valence-electron chi connectivity index (χ0n) is 15.4. The van der Waals surface area contributed by atoms with Crippen LogP contribution >= 0.6 is 11.6 Å². The highest BCUT2D eigenvalue weighted by molar-refractivity contribution is 6.31. The fourth-order valence-electron chi connectivity index (χ4n) is 2.43. The molecule has 0 aliphatic carbocycles. The second-order valence-electron chi connectivity index (χ2n) is 6.05. The number of hydrogen-bond donors (Lipinski definition) is 2. The van der Waals surface area contributed by atoms with Crippen LogP contribution in [-0.2, 0) is 11.2 Å². The maximum atomic E-state index is 11.3. The van der Waals surface area contributed by atoms with Crippen molar-refractivity contribution in [3.8, 4) is 11.8 Å². The Labute approximate surface area is 172 Å². The first-order valence-corrected chi connectivity index (χ1v) is 8.95. The van der Waals surface area contributed by atoms with Crippen molar-refractivity contribution >= 4 is 34.9 Å². The number of anilines is 2. The van der Waals surface area contributed by atoms with Crippen LogP contribution in [-0.4, -0.2) is 26.6 Å². The molecule has 0 spiro atoms. The summed E-state index contributed by atoms with van der Waals surface area (Å²) in [7, 11) is 0. The van der Waals surface area contributed by atoms with Crippen LogP contribution in [0, 0.1) is 11.8 Å². The summed E-state index contributed by atoms with van der Waals surface area (Å²) < 4.78 is 0. The predicted molar refractivity (Wildman–Crippen MR) is 110 cm³/mol. The first-order valence-electron chi connectivity index (χ1n) is 8.57. The number of Topliss-reactive ketones (excluding diaryl/α,β-unsaturated/α-hetero) is 1. The number of carbonyl (C=O) groups is 2. The van der Waals surface area contributed by atoms with Crippen LogP contribution < -0.4 is 11.1 Å². The maximum Gasteiger partial charge on any atom is 0.228 e. The first-order chi connectivity index (χ1) is 13.9. The van der Waals surface area contributed by atoms with E-state index in [4.69, 9.17) is 17.3 Å². The summed E-state index contributed by atoms with van der Waals surface area (Å²) in [6.45, 7) is 1.45. The van der Waals surface area contributed by atoms with Crippen LogP contribution in [0.15, 0.2) is 48.8 Å². The average Bonchev–Trinajstić information content (AvgIpc) is 2.69. The molecule has 7 nitrogen and oxygen atoms in total. The van der Waals surface area contributed by atoms with E-state index in [1.165, 1.54) is 19.3 Å². The lowest BCUT2D eigenvalue weighted by Gasteiger charge is -2.06. The summed E-state index contributed by atoms with van der Waals surface area (Å²) in [4.78, 5) is 35.0. The van der Waals surface area contributed by atoms with E-state index in [-0.39, 0.29) is 18.2 Å². The van der Waals surface area contributed by atoms with Crippen molar-refractivity contribution in [3.63, 3.8) is 0 Å². The number of ketones is 1. The molecule has 0 aliphatic heterocycles. The molecule has 0 radical (unpaired) electrons. The molecule has 2 aromatic heterocycles. The van der Waals surface area contributed by atoms with Gasteiger partial charge in [0.1, 0.15) is 11.4 Å². The number of nitrogens with one attached hydrogen (secondary N) is 1. The molecule has 0 fully saturated rings. The second kappa shape index (κ2) is 8.95. The molecule has 0 aliphatic rings. The summed E-state index contributed by atoms with van der Waals surface area (Å²) in [5.41, 5.74) is 7.99. The summed E-state index contributed by atoms with van der Waals surface area (Å²) >= 11 is 6.17. The van der Waals surface area contributed by atoms with Gasteiger partial charge in [-0.1, -0.05) is 35.7 Å². The van der Waals surface area contributed by atoms with E-state index in [9.17, 15) is 9.59 Å². The highest BCUT2D eigenvalue weighted by atomic mass is 35.5. The largest absolute Gasteiger partial charge is 0.369 e. The van der Waals surface area contributed by atoms with Gasteiger partial charge in [-0.05, 0) is 29.7 Å². The van der Waals surface area contributed by atoms with Gasteiger partial charge in [0, 0.05) is 12.5 Å². The van der Waals surface area contributed by atoms with E-state index in [2.05, 4.69) is 32.1 Å². The zero-order chi connectivity index (χ0) is 20.8. The Morgan fingerprint density at radius 3 is 2.59 bits per heavy atom. The fourth-order valence-corrected chi connectivity index (χ4v) is 2.57. The molecule has 0 unspecified atom stereocenters. The van der Waals surface area contributed by atoms with E-state index < -0.39 is 5.91 Å². The Balaban J connectivity index is 1.85. The zero-order valence-corrected chi connectivity index (χ0v) is 16.2. The number of aromatic nitrogens is 3. The van der Waals surface area contributed by atoms with Gasteiger partial charge in [0.25, 0.3) is 0 Å². The molecule has 0 atom stereocenters. The smallest absolute Gasteiger partial charge is 0.228 e. The molecule has 0 saturated heterocycles. The average molecular weight is 406 g/mol.